The number of aliphatic hydroxyl groups excluding tert-OH is 1. The molecule has 0 aromatic carbocycles. The van der Waals surface area contributed by atoms with E-state index in [0.717, 1.165) is 5.76 Å². The Morgan fingerprint density at radius 2 is 2.12 bits per heavy atom. The Labute approximate surface area is 100 Å². The summed E-state index contributed by atoms with van der Waals surface area (Å²) in [5.41, 5.74) is -0.703. The van der Waals surface area contributed by atoms with Crippen LogP contribution in [-0.4, -0.2) is 34.4 Å². The number of aliphatic hydroxyl groups is 2. The Hall–Kier alpha value is -0.490. The lowest BCUT2D eigenvalue weighted by molar-refractivity contribution is 0.0839. The molecular formula is C11H19NO3S. The summed E-state index contributed by atoms with van der Waals surface area (Å²) in [6.07, 6.45) is 1.97. The molecule has 1 aromatic rings. The predicted molar refractivity (Wildman–Crippen MR) is 65.3 cm³/mol. The molecular weight excluding hydrogens is 226 g/mol. The highest BCUT2D eigenvalue weighted by Crippen LogP contribution is 2.10. The molecule has 1 unspecified atom stereocenters. The van der Waals surface area contributed by atoms with Crippen LogP contribution in [0.1, 0.15) is 18.4 Å². The summed E-state index contributed by atoms with van der Waals surface area (Å²) in [5.74, 6) is 2.02. The molecule has 0 spiro atoms. The van der Waals surface area contributed by atoms with Crippen molar-refractivity contribution in [2.75, 3.05) is 18.6 Å². The number of hydrogen-bond donors (Lipinski definition) is 3. The maximum Gasteiger partial charge on any atom is 0.129 e. The van der Waals surface area contributed by atoms with Gasteiger partial charge < -0.3 is 19.9 Å². The van der Waals surface area contributed by atoms with Gasteiger partial charge in [-0.1, -0.05) is 0 Å². The van der Waals surface area contributed by atoms with Gasteiger partial charge >= 0.3 is 0 Å². The molecule has 1 aromatic heterocycles. The Kier molecular flexibility index (Phi) is 5.34. The van der Waals surface area contributed by atoms with Crippen molar-refractivity contribution in [3.8, 4) is 0 Å². The summed E-state index contributed by atoms with van der Waals surface area (Å²) in [6, 6.07) is 3.57. The molecule has 0 fully saturated rings. The molecule has 16 heavy (non-hydrogen) atoms. The number of thioether (sulfide) groups is 1. The molecule has 1 atom stereocenters. The molecule has 0 aliphatic carbocycles. The van der Waals surface area contributed by atoms with Gasteiger partial charge in [0, 0.05) is 12.3 Å². The SMILES string of the molecule is CSCC(C)(O)CNCc1ccc(CO)o1. The summed E-state index contributed by atoms with van der Waals surface area (Å²) in [7, 11) is 0. The van der Waals surface area contributed by atoms with Gasteiger partial charge in [-0.05, 0) is 25.3 Å². The van der Waals surface area contributed by atoms with Gasteiger partial charge in [0.25, 0.3) is 0 Å². The maximum atomic E-state index is 9.89. The Morgan fingerprint density at radius 1 is 1.44 bits per heavy atom. The lowest BCUT2D eigenvalue weighted by atomic mass is 10.1. The lowest BCUT2D eigenvalue weighted by Crippen LogP contribution is -2.39. The van der Waals surface area contributed by atoms with Gasteiger partial charge in [-0.25, -0.2) is 0 Å². The van der Waals surface area contributed by atoms with Crippen LogP contribution in [0.15, 0.2) is 16.5 Å². The largest absolute Gasteiger partial charge is 0.462 e. The van der Waals surface area contributed by atoms with E-state index in [1.54, 1.807) is 24.8 Å². The van der Waals surface area contributed by atoms with Crippen LogP contribution < -0.4 is 5.32 Å². The first-order valence-electron chi connectivity index (χ1n) is 5.18. The standard InChI is InChI=1S/C11H19NO3S/c1-11(14,8-16-2)7-12-5-9-3-4-10(6-13)15-9/h3-4,12-14H,5-8H2,1-2H3. The lowest BCUT2D eigenvalue weighted by Gasteiger charge is -2.22. The van der Waals surface area contributed by atoms with E-state index in [-0.39, 0.29) is 6.61 Å². The average molecular weight is 245 g/mol. The summed E-state index contributed by atoms with van der Waals surface area (Å²) in [4.78, 5) is 0. The molecule has 5 heteroatoms. The molecule has 0 radical (unpaired) electrons. The van der Waals surface area contributed by atoms with Crippen molar-refractivity contribution < 1.29 is 14.6 Å². The van der Waals surface area contributed by atoms with Crippen LogP contribution in [0.2, 0.25) is 0 Å². The van der Waals surface area contributed by atoms with Gasteiger partial charge in [0.2, 0.25) is 0 Å². The monoisotopic (exact) mass is 245 g/mol. The second kappa shape index (κ2) is 6.30. The topological polar surface area (TPSA) is 65.6 Å². The molecule has 0 bridgehead atoms. The third kappa shape index (κ3) is 4.57. The summed E-state index contributed by atoms with van der Waals surface area (Å²) in [5, 5.41) is 21.8. The maximum absolute atomic E-state index is 9.89. The number of rotatable bonds is 7. The van der Waals surface area contributed by atoms with Crippen molar-refractivity contribution in [2.45, 2.75) is 25.7 Å². The molecule has 0 aliphatic rings. The molecule has 0 saturated heterocycles. The summed E-state index contributed by atoms with van der Waals surface area (Å²) in [6.45, 7) is 2.80. The van der Waals surface area contributed by atoms with Crippen LogP contribution in [0.3, 0.4) is 0 Å². The van der Waals surface area contributed by atoms with Gasteiger partial charge in [-0.15, -0.1) is 0 Å². The van der Waals surface area contributed by atoms with Gasteiger partial charge in [0.1, 0.15) is 18.1 Å². The fourth-order valence-electron chi connectivity index (χ4n) is 1.42. The van der Waals surface area contributed by atoms with Gasteiger partial charge in [-0.3, -0.25) is 0 Å². The first-order valence-corrected chi connectivity index (χ1v) is 6.57. The summed E-state index contributed by atoms with van der Waals surface area (Å²) >= 11 is 1.62. The smallest absolute Gasteiger partial charge is 0.129 e. The van der Waals surface area contributed by atoms with Crippen LogP contribution in [0.4, 0.5) is 0 Å². The van der Waals surface area contributed by atoms with E-state index in [1.165, 1.54) is 0 Å². The number of furan rings is 1. The molecule has 0 saturated carbocycles. The minimum Gasteiger partial charge on any atom is -0.462 e. The number of nitrogens with one attached hydrogen (secondary N) is 1. The van der Waals surface area contributed by atoms with Crippen LogP contribution in [0.5, 0.6) is 0 Å². The second-order valence-corrected chi connectivity index (χ2v) is 4.93. The highest BCUT2D eigenvalue weighted by molar-refractivity contribution is 7.98. The van der Waals surface area contributed by atoms with Crippen molar-refractivity contribution in [1.82, 2.24) is 5.32 Å². The van der Waals surface area contributed by atoms with E-state index in [4.69, 9.17) is 9.52 Å². The van der Waals surface area contributed by atoms with E-state index >= 15 is 0 Å². The van der Waals surface area contributed by atoms with Crippen LogP contribution in [0.25, 0.3) is 0 Å². The zero-order valence-corrected chi connectivity index (χ0v) is 10.5. The third-order valence-corrected chi connectivity index (χ3v) is 3.04. The van der Waals surface area contributed by atoms with E-state index in [2.05, 4.69) is 5.32 Å². The zero-order chi connectivity index (χ0) is 12.0. The van der Waals surface area contributed by atoms with Crippen LogP contribution in [0, 0.1) is 0 Å². The normalized spacial score (nSPS) is 15.0. The molecule has 1 rings (SSSR count). The van der Waals surface area contributed by atoms with Gasteiger partial charge in [0.15, 0.2) is 0 Å². The minimum atomic E-state index is -0.703. The quantitative estimate of drug-likeness (QED) is 0.668. The van der Waals surface area contributed by atoms with E-state index in [1.807, 2.05) is 12.3 Å². The minimum absolute atomic E-state index is 0.0792. The van der Waals surface area contributed by atoms with E-state index < -0.39 is 5.60 Å². The summed E-state index contributed by atoms with van der Waals surface area (Å²) < 4.78 is 5.31. The van der Waals surface area contributed by atoms with Crippen molar-refractivity contribution in [3.63, 3.8) is 0 Å². The average Bonchev–Trinajstić information content (AvgIpc) is 2.65. The van der Waals surface area contributed by atoms with Crippen LogP contribution in [-0.2, 0) is 13.2 Å². The Bertz CT molecular complexity index is 312. The second-order valence-electron chi connectivity index (χ2n) is 4.06. The molecule has 92 valence electrons. The first-order chi connectivity index (χ1) is 7.57. The molecule has 4 nitrogen and oxygen atoms in total. The van der Waals surface area contributed by atoms with Crippen molar-refractivity contribution in [3.05, 3.63) is 23.7 Å². The van der Waals surface area contributed by atoms with E-state index in [0.29, 0.717) is 24.6 Å². The number of hydrogen-bond acceptors (Lipinski definition) is 5. The van der Waals surface area contributed by atoms with Gasteiger partial charge in [0.05, 0.1) is 12.1 Å². The van der Waals surface area contributed by atoms with Crippen molar-refractivity contribution in [2.24, 2.45) is 0 Å². The fraction of sp³-hybridized carbons (Fsp3) is 0.636. The van der Waals surface area contributed by atoms with E-state index in [9.17, 15) is 5.11 Å². The zero-order valence-electron chi connectivity index (χ0n) is 9.69. The third-order valence-electron chi connectivity index (χ3n) is 2.13. The highest BCUT2D eigenvalue weighted by Gasteiger charge is 2.18. The van der Waals surface area contributed by atoms with Crippen molar-refractivity contribution >= 4 is 11.8 Å². The Morgan fingerprint density at radius 3 is 2.69 bits per heavy atom. The first kappa shape index (κ1) is 13.6. The molecule has 0 aliphatic heterocycles. The van der Waals surface area contributed by atoms with Crippen molar-refractivity contribution in [1.29, 1.82) is 0 Å². The predicted octanol–water partition coefficient (Wildman–Crippen LogP) is 0.976. The Balaban J connectivity index is 2.29. The molecule has 0 amide bonds. The van der Waals surface area contributed by atoms with Gasteiger partial charge in [-0.2, -0.15) is 11.8 Å². The van der Waals surface area contributed by atoms with Crippen LogP contribution >= 0.6 is 11.8 Å². The highest BCUT2D eigenvalue weighted by atomic mass is 32.2. The molecule has 3 N–H and O–H groups in total. The molecule has 1 heterocycles. The fourth-order valence-corrected chi connectivity index (χ4v) is 2.14.